The van der Waals surface area contributed by atoms with Crippen LogP contribution in [0, 0.1) is 30.3 Å². The summed E-state index contributed by atoms with van der Waals surface area (Å²) >= 11 is 0. The monoisotopic (exact) mass is 250 g/mol. The molecule has 0 radical (unpaired) electrons. The summed E-state index contributed by atoms with van der Waals surface area (Å²) in [6.07, 6.45) is 0.188. The number of nitrogens with zero attached hydrogens (tertiary/aromatic N) is 6. The minimum Gasteiger partial charge on any atom is -0.235 e. The van der Waals surface area contributed by atoms with E-state index in [1.807, 2.05) is 0 Å². The normalized spacial score (nSPS) is 17.3. The van der Waals surface area contributed by atoms with Gasteiger partial charge in [0, 0.05) is 0 Å². The summed E-state index contributed by atoms with van der Waals surface area (Å²) in [5, 5.41) is 31.0. The molecule has 0 aromatic carbocycles. The SMILES string of the molecule is O=[N+]([O-])N1CCCN([N+](=O)[O-])CN([N+](=O)[O-])C1. The lowest BCUT2D eigenvalue weighted by Gasteiger charge is -2.25. The lowest BCUT2D eigenvalue weighted by Crippen LogP contribution is -2.52. The molecular formula is C5H10N6O6. The molecule has 1 rings (SSSR count). The molecule has 1 saturated heterocycles. The van der Waals surface area contributed by atoms with E-state index < -0.39 is 28.4 Å². The summed E-state index contributed by atoms with van der Waals surface area (Å²) in [5.74, 6) is 0. The molecule has 0 bridgehead atoms. The van der Waals surface area contributed by atoms with E-state index in [-0.39, 0.29) is 19.5 Å². The zero-order valence-electron chi connectivity index (χ0n) is 8.67. The highest BCUT2D eigenvalue weighted by Crippen LogP contribution is 2.05. The molecule has 0 N–H and O–H groups in total. The maximum Gasteiger partial charge on any atom is 0.210 e. The van der Waals surface area contributed by atoms with Crippen molar-refractivity contribution >= 4 is 0 Å². The maximum absolute atomic E-state index is 10.6. The Morgan fingerprint density at radius 2 is 1.06 bits per heavy atom. The highest BCUT2D eigenvalue weighted by molar-refractivity contribution is 4.54. The molecule has 0 aromatic heterocycles. The molecule has 1 aliphatic rings. The molecular weight excluding hydrogens is 240 g/mol. The summed E-state index contributed by atoms with van der Waals surface area (Å²) in [5.41, 5.74) is 0. The summed E-state index contributed by atoms with van der Waals surface area (Å²) in [6, 6.07) is 0. The first kappa shape index (κ1) is 12.7. The second-order valence-electron chi connectivity index (χ2n) is 3.32. The van der Waals surface area contributed by atoms with Gasteiger partial charge in [0.15, 0.2) is 15.1 Å². The van der Waals surface area contributed by atoms with Crippen molar-refractivity contribution in [2.24, 2.45) is 0 Å². The molecule has 12 nitrogen and oxygen atoms in total. The first-order valence-electron chi connectivity index (χ1n) is 4.59. The van der Waals surface area contributed by atoms with Gasteiger partial charge >= 0.3 is 0 Å². The van der Waals surface area contributed by atoms with Crippen LogP contribution in [0.4, 0.5) is 0 Å². The second-order valence-corrected chi connectivity index (χ2v) is 3.32. The Morgan fingerprint density at radius 3 is 1.35 bits per heavy atom. The molecule has 0 spiro atoms. The van der Waals surface area contributed by atoms with Crippen LogP contribution in [0.2, 0.25) is 0 Å². The van der Waals surface area contributed by atoms with Crippen LogP contribution in [-0.4, -0.2) is 56.6 Å². The third kappa shape index (κ3) is 3.29. The van der Waals surface area contributed by atoms with Crippen LogP contribution in [0.1, 0.15) is 6.42 Å². The molecule has 12 heteroatoms. The molecule has 1 heterocycles. The van der Waals surface area contributed by atoms with Crippen molar-refractivity contribution < 1.29 is 15.1 Å². The van der Waals surface area contributed by atoms with Crippen LogP contribution in [0.15, 0.2) is 0 Å². The van der Waals surface area contributed by atoms with Crippen LogP contribution in [0.5, 0.6) is 0 Å². The van der Waals surface area contributed by atoms with Gasteiger partial charge in [-0.1, -0.05) is 5.01 Å². The highest BCUT2D eigenvalue weighted by atomic mass is 16.7. The Labute approximate surface area is 94.3 Å². The zero-order valence-corrected chi connectivity index (χ0v) is 8.67. The van der Waals surface area contributed by atoms with Crippen LogP contribution in [-0.2, 0) is 0 Å². The van der Waals surface area contributed by atoms with E-state index in [2.05, 4.69) is 0 Å². The zero-order chi connectivity index (χ0) is 13.0. The number of nitro groups is 3. The van der Waals surface area contributed by atoms with E-state index in [1.54, 1.807) is 0 Å². The molecule has 0 aromatic rings. The molecule has 17 heavy (non-hydrogen) atoms. The Morgan fingerprint density at radius 1 is 0.706 bits per heavy atom. The van der Waals surface area contributed by atoms with E-state index in [0.717, 1.165) is 0 Å². The molecule has 0 atom stereocenters. The van der Waals surface area contributed by atoms with Gasteiger partial charge in [-0.3, -0.25) is 0 Å². The summed E-state index contributed by atoms with van der Waals surface area (Å²) < 4.78 is 0. The first-order chi connectivity index (χ1) is 7.91. The fourth-order valence-electron chi connectivity index (χ4n) is 1.37. The molecule has 96 valence electrons. The molecule has 0 aliphatic carbocycles. The van der Waals surface area contributed by atoms with Gasteiger partial charge in [-0.2, -0.15) is 0 Å². The van der Waals surface area contributed by atoms with E-state index in [1.165, 1.54) is 0 Å². The van der Waals surface area contributed by atoms with Gasteiger partial charge in [0.1, 0.15) is 0 Å². The molecule has 0 unspecified atom stereocenters. The molecule has 1 fully saturated rings. The molecule has 1 aliphatic heterocycles. The van der Waals surface area contributed by atoms with Crippen molar-refractivity contribution in [3.05, 3.63) is 30.3 Å². The van der Waals surface area contributed by atoms with Gasteiger partial charge in [-0.15, -0.1) is 10.0 Å². The van der Waals surface area contributed by atoms with Gasteiger partial charge in [0.2, 0.25) is 13.3 Å². The Bertz CT molecular complexity index is 311. The lowest BCUT2D eigenvalue weighted by molar-refractivity contribution is -0.740. The second kappa shape index (κ2) is 5.09. The topological polar surface area (TPSA) is 139 Å². The van der Waals surface area contributed by atoms with Crippen molar-refractivity contribution in [2.45, 2.75) is 6.42 Å². The fraction of sp³-hybridized carbons (Fsp3) is 1.00. The Balaban J connectivity index is 2.77. The van der Waals surface area contributed by atoms with E-state index >= 15 is 0 Å². The summed E-state index contributed by atoms with van der Waals surface area (Å²) in [6.45, 7) is -1.35. The van der Waals surface area contributed by atoms with E-state index in [4.69, 9.17) is 0 Å². The average molecular weight is 250 g/mol. The molecule has 0 saturated carbocycles. The number of hydrogen-bond acceptors (Lipinski definition) is 6. The third-order valence-electron chi connectivity index (χ3n) is 2.18. The van der Waals surface area contributed by atoms with E-state index in [0.29, 0.717) is 15.0 Å². The van der Waals surface area contributed by atoms with Crippen LogP contribution < -0.4 is 0 Å². The number of hydrogen-bond donors (Lipinski definition) is 0. The standard InChI is InChI=1S/C5H10N6O6/c12-9(13)6-2-1-3-7(10(14)15)5-8(4-6)11(16)17/h1-5H2. The van der Waals surface area contributed by atoms with Gasteiger partial charge in [-0.25, -0.2) is 30.3 Å². The number of rotatable bonds is 3. The van der Waals surface area contributed by atoms with Gasteiger partial charge in [0.05, 0.1) is 13.1 Å². The third-order valence-corrected chi connectivity index (χ3v) is 2.18. The lowest BCUT2D eigenvalue weighted by atomic mass is 10.4. The smallest absolute Gasteiger partial charge is 0.210 e. The van der Waals surface area contributed by atoms with Crippen molar-refractivity contribution in [3.63, 3.8) is 0 Å². The summed E-state index contributed by atoms with van der Waals surface area (Å²) in [4.78, 5) is 31.7. The van der Waals surface area contributed by atoms with Crippen molar-refractivity contribution in [3.8, 4) is 0 Å². The minimum absolute atomic E-state index is 0.0817. The van der Waals surface area contributed by atoms with E-state index in [9.17, 15) is 30.3 Å². The Hall–Kier alpha value is -2.40. The predicted molar refractivity (Wildman–Crippen MR) is 50.6 cm³/mol. The van der Waals surface area contributed by atoms with Gasteiger partial charge < -0.3 is 0 Å². The Kier molecular flexibility index (Phi) is 3.79. The van der Waals surface area contributed by atoms with Crippen LogP contribution in [0.25, 0.3) is 0 Å². The average Bonchev–Trinajstić information content (AvgIpc) is 2.15. The van der Waals surface area contributed by atoms with Crippen LogP contribution in [0.3, 0.4) is 0 Å². The van der Waals surface area contributed by atoms with Crippen LogP contribution >= 0.6 is 0 Å². The molecule has 0 amide bonds. The summed E-state index contributed by atoms with van der Waals surface area (Å²) in [7, 11) is 0. The van der Waals surface area contributed by atoms with Gasteiger partial charge in [0.25, 0.3) is 0 Å². The van der Waals surface area contributed by atoms with Crippen molar-refractivity contribution in [1.82, 2.24) is 15.0 Å². The predicted octanol–water partition coefficient (Wildman–Crippen LogP) is -1.21. The van der Waals surface area contributed by atoms with Crippen molar-refractivity contribution in [2.75, 3.05) is 26.4 Å². The quantitative estimate of drug-likeness (QED) is 0.445. The number of hydrazine groups is 3. The highest BCUT2D eigenvalue weighted by Gasteiger charge is 2.32. The van der Waals surface area contributed by atoms with Gasteiger partial charge in [-0.05, 0) is 6.42 Å². The fourth-order valence-corrected chi connectivity index (χ4v) is 1.37. The largest absolute Gasteiger partial charge is 0.235 e. The minimum atomic E-state index is -0.891. The van der Waals surface area contributed by atoms with Crippen molar-refractivity contribution in [1.29, 1.82) is 0 Å². The maximum atomic E-state index is 10.6. The first-order valence-corrected chi connectivity index (χ1v) is 4.59.